The van der Waals surface area contributed by atoms with Crippen molar-refractivity contribution in [1.82, 2.24) is 15.1 Å². The molecule has 0 radical (unpaired) electrons. The highest BCUT2D eigenvalue weighted by Gasteiger charge is 2.25. The van der Waals surface area contributed by atoms with Gasteiger partial charge in [0.05, 0.1) is 16.3 Å². The molecule has 0 saturated carbocycles. The van der Waals surface area contributed by atoms with Crippen LogP contribution in [-0.2, 0) is 21.4 Å². The van der Waals surface area contributed by atoms with Gasteiger partial charge in [0.15, 0.2) is 0 Å². The molecule has 3 aromatic carbocycles. The summed E-state index contributed by atoms with van der Waals surface area (Å²) in [4.78, 5) is 37.0. The number of aromatic nitrogens is 2. The Bertz CT molecular complexity index is 1570. The average Bonchev–Trinajstić information content (AvgIpc) is 3.36. The minimum atomic E-state index is -0.885. The number of hydrogen-bond acceptors (Lipinski definition) is 5. The van der Waals surface area contributed by atoms with Gasteiger partial charge in [0, 0.05) is 36.1 Å². The van der Waals surface area contributed by atoms with E-state index in [1.807, 2.05) is 67.6 Å². The zero-order valence-corrected chi connectivity index (χ0v) is 23.5. The van der Waals surface area contributed by atoms with E-state index in [0.29, 0.717) is 11.4 Å². The standard InChI is InChI=1S/C32H33N5O4/c1-22-10-8-9-13-27(22)36-29(21-28(35-36)32(2,3)4)34-31(39)26(20-24-11-6-5-7-12-24)33-30(38)19-16-23-14-17-25(18-15-23)37(40)41/h5-19,21,26H,20H2,1-4H3,(H,33,38)(H,34,39)/b19-16+. The number of non-ortho nitro benzene ring substituents is 1. The van der Waals surface area contributed by atoms with Crippen molar-refractivity contribution in [3.8, 4) is 5.69 Å². The van der Waals surface area contributed by atoms with Crippen LogP contribution < -0.4 is 10.6 Å². The molecular weight excluding hydrogens is 518 g/mol. The van der Waals surface area contributed by atoms with Crippen molar-refractivity contribution in [2.24, 2.45) is 0 Å². The van der Waals surface area contributed by atoms with Gasteiger partial charge in [-0.3, -0.25) is 19.7 Å². The van der Waals surface area contributed by atoms with E-state index in [-0.39, 0.29) is 23.4 Å². The number of hydrogen-bond donors (Lipinski definition) is 2. The van der Waals surface area contributed by atoms with Gasteiger partial charge in [-0.25, -0.2) is 4.68 Å². The minimum Gasteiger partial charge on any atom is -0.340 e. The van der Waals surface area contributed by atoms with E-state index in [0.717, 1.165) is 22.5 Å². The average molecular weight is 552 g/mol. The summed E-state index contributed by atoms with van der Waals surface area (Å²) in [5, 5.41) is 21.5. The number of nitrogens with zero attached hydrogens (tertiary/aromatic N) is 3. The van der Waals surface area contributed by atoms with Gasteiger partial charge in [-0.15, -0.1) is 0 Å². The van der Waals surface area contributed by atoms with Crippen molar-refractivity contribution in [1.29, 1.82) is 0 Å². The van der Waals surface area contributed by atoms with Gasteiger partial charge in [0.1, 0.15) is 11.9 Å². The number of carbonyl (C=O) groups is 2. The predicted molar refractivity (Wildman–Crippen MR) is 160 cm³/mol. The molecule has 1 unspecified atom stereocenters. The van der Waals surface area contributed by atoms with Gasteiger partial charge in [-0.05, 0) is 47.9 Å². The molecule has 0 spiro atoms. The monoisotopic (exact) mass is 551 g/mol. The van der Waals surface area contributed by atoms with Crippen molar-refractivity contribution in [2.75, 3.05) is 5.32 Å². The fourth-order valence-corrected chi connectivity index (χ4v) is 4.19. The first-order valence-electron chi connectivity index (χ1n) is 13.3. The molecule has 0 aliphatic heterocycles. The zero-order chi connectivity index (χ0) is 29.6. The number of carbonyl (C=O) groups excluding carboxylic acids is 2. The van der Waals surface area contributed by atoms with Crippen LogP contribution in [0.25, 0.3) is 11.8 Å². The van der Waals surface area contributed by atoms with Crippen LogP contribution in [0.15, 0.2) is 91.0 Å². The summed E-state index contributed by atoms with van der Waals surface area (Å²) in [6.45, 7) is 8.14. The second-order valence-corrected chi connectivity index (χ2v) is 10.8. The minimum absolute atomic E-state index is 0.0363. The number of nitrogens with one attached hydrogen (secondary N) is 2. The van der Waals surface area contributed by atoms with Crippen LogP contribution in [0.1, 0.15) is 43.2 Å². The number of nitro benzene ring substituents is 1. The van der Waals surface area contributed by atoms with Gasteiger partial charge in [-0.1, -0.05) is 69.3 Å². The molecule has 0 saturated heterocycles. The second-order valence-electron chi connectivity index (χ2n) is 10.8. The largest absolute Gasteiger partial charge is 0.340 e. The first kappa shape index (κ1) is 28.9. The summed E-state index contributed by atoms with van der Waals surface area (Å²) in [6.07, 6.45) is 3.12. The molecule has 210 valence electrons. The third-order valence-electron chi connectivity index (χ3n) is 6.52. The van der Waals surface area contributed by atoms with E-state index in [1.165, 1.54) is 18.2 Å². The van der Waals surface area contributed by atoms with E-state index in [2.05, 4.69) is 31.4 Å². The van der Waals surface area contributed by atoms with Crippen molar-refractivity contribution < 1.29 is 14.5 Å². The second kappa shape index (κ2) is 12.4. The lowest BCUT2D eigenvalue weighted by atomic mass is 9.92. The molecule has 4 aromatic rings. The Morgan fingerprint density at radius 2 is 1.66 bits per heavy atom. The van der Waals surface area contributed by atoms with Crippen LogP contribution in [0.5, 0.6) is 0 Å². The number of rotatable bonds is 9. The number of amides is 2. The molecule has 1 aromatic heterocycles. The molecule has 1 heterocycles. The summed E-state index contributed by atoms with van der Waals surface area (Å²) >= 11 is 0. The van der Waals surface area contributed by atoms with Crippen LogP contribution in [-0.4, -0.2) is 32.6 Å². The summed E-state index contributed by atoms with van der Waals surface area (Å²) in [6, 6.07) is 24.0. The quantitative estimate of drug-likeness (QED) is 0.156. The van der Waals surface area contributed by atoms with Crippen molar-refractivity contribution in [2.45, 2.75) is 45.6 Å². The Morgan fingerprint density at radius 1 is 1.00 bits per heavy atom. The van der Waals surface area contributed by atoms with Gasteiger partial charge in [0.25, 0.3) is 5.69 Å². The predicted octanol–water partition coefficient (Wildman–Crippen LogP) is 5.77. The van der Waals surface area contributed by atoms with E-state index >= 15 is 0 Å². The van der Waals surface area contributed by atoms with Crippen molar-refractivity contribution in [3.63, 3.8) is 0 Å². The summed E-state index contributed by atoms with van der Waals surface area (Å²) in [5.74, 6) is -0.355. The Labute approximate surface area is 239 Å². The van der Waals surface area contributed by atoms with Gasteiger partial charge in [-0.2, -0.15) is 5.10 Å². The molecule has 0 aliphatic carbocycles. The molecule has 0 aliphatic rings. The zero-order valence-electron chi connectivity index (χ0n) is 23.5. The fourth-order valence-electron chi connectivity index (χ4n) is 4.19. The molecule has 4 rings (SSSR count). The lowest BCUT2D eigenvalue weighted by Crippen LogP contribution is -2.45. The van der Waals surface area contributed by atoms with Crippen LogP contribution in [0.3, 0.4) is 0 Å². The van der Waals surface area contributed by atoms with E-state index in [4.69, 9.17) is 5.10 Å². The maximum Gasteiger partial charge on any atom is 0.269 e. The molecule has 9 heteroatoms. The summed E-state index contributed by atoms with van der Waals surface area (Å²) < 4.78 is 1.73. The molecular formula is C32H33N5O4. The lowest BCUT2D eigenvalue weighted by molar-refractivity contribution is -0.384. The van der Waals surface area contributed by atoms with E-state index in [1.54, 1.807) is 22.9 Å². The fraction of sp³-hybridized carbons (Fsp3) is 0.219. The molecule has 0 fully saturated rings. The van der Waals surface area contributed by atoms with Crippen LogP contribution in [0.4, 0.5) is 11.5 Å². The Kier molecular flexibility index (Phi) is 8.77. The van der Waals surface area contributed by atoms with Crippen molar-refractivity contribution in [3.05, 3.63) is 124 Å². The Morgan fingerprint density at radius 3 is 2.29 bits per heavy atom. The third-order valence-corrected chi connectivity index (χ3v) is 6.52. The van der Waals surface area contributed by atoms with Gasteiger partial charge >= 0.3 is 0 Å². The lowest BCUT2D eigenvalue weighted by Gasteiger charge is -2.19. The number of aryl methyl sites for hydroxylation is 1. The Hall–Kier alpha value is -5.05. The highest BCUT2D eigenvalue weighted by atomic mass is 16.6. The third kappa shape index (κ3) is 7.54. The normalized spacial score (nSPS) is 12.2. The van der Waals surface area contributed by atoms with E-state index in [9.17, 15) is 19.7 Å². The van der Waals surface area contributed by atoms with Crippen LogP contribution >= 0.6 is 0 Å². The summed E-state index contributed by atoms with van der Waals surface area (Å²) in [5.41, 5.74) is 3.86. The summed E-state index contributed by atoms with van der Waals surface area (Å²) in [7, 11) is 0. The maximum atomic E-state index is 13.7. The van der Waals surface area contributed by atoms with Gasteiger partial charge < -0.3 is 10.6 Å². The number of benzene rings is 3. The maximum absolute atomic E-state index is 13.7. The van der Waals surface area contributed by atoms with Crippen LogP contribution in [0.2, 0.25) is 0 Å². The van der Waals surface area contributed by atoms with Gasteiger partial charge in [0.2, 0.25) is 11.8 Å². The molecule has 9 nitrogen and oxygen atoms in total. The Balaban J connectivity index is 1.59. The molecule has 2 N–H and O–H groups in total. The first-order chi connectivity index (χ1) is 19.5. The van der Waals surface area contributed by atoms with Crippen molar-refractivity contribution >= 4 is 29.4 Å². The molecule has 2 amide bonds. The number of nitro groups is 1. The number of para-hydroxylation sites is 1. The molecule has 41 heavy (non-hydrogen) atoms. The molecule has 0 bridgehead atoms. The first-order valence-corrected chi connectivity index (χ1v) is 13.3. The smallest absolute Gasteiger partial charge is 0.269 e. The highest BCUT2D eigenvalue weighted by Crippen LogP contribution is 2.27. The SMILES string of the molecule is Cc1ccccc1-n1nc(C(C)(C)C)cc1NC(=O)C(Cc1ccccc1)NC(=O)/C=C/c1ccc([N+](=O)[O-])cc1. The van der Waals surface area contributed by atoms with E-state index < -0.39 is 16.9 Å². The molecule has 1 atom stereocenters. The topological polar surface area (TPSA) is 119 Å². The van der Waals surface area contributed by atoms with Crippen LogP contribution in [0, 0.1) is 17.0 Å². The highest BCUT2D eigenvalue weighted by molar-refractivity contribution is 6.00. The number of anilines is 1.